The summed E-state index contributed by atoms with van der Waals surface area (Å²) in [5, 5.41) is 9.43. The van der Waals surface area contributed by atoms with Crippen molar-refractivity contribution in [3.05, 3.63) is 40.9 Å². The van der Waals surface area contributed by atoms with Crippen LogP contribution in [0, 0.1) is 0 Å². The highest BCUT2D eigenvalue weighted by Crippen LogP contribution is 2.20. The molecule has 7 nitrogen and oxygen atoms in total. The van der Waals surface area contributed by atoms with Crippen LogP contribution in [0.1, 0.15) is 38.5 Å². The number of carbonyl (C=O) groups is 2. The number of benzene rings is 1. The molecule has 1 aliphatic carbocycles. The lowest BCUT2D eigenvalue weighted by Gasteiger charge is -2.12. The molecule has 0 bridgehead atoms. The summed E-state index contributed by atoms with van der Waals surface area (Å²) in [4.78, 5) is 28.5. The molecule has 4 N–H and O–H groups in total. The van der Waals surface area contributed by atoms with E-state index >= 15 is 0 Å². The van der Waals surface area contributed by atoms with E-state index in [2.05, 4.69) is 21.9 Å². The molecule has 0 unspecified atom stereocenters. The number of halogens is 1. The Hall–Kier alpha value is -2.54. The van der Waals surface area contributed by atoms with E-state index in [1.165, 1.54) is 18.4 Å². The van der Waals surface area contributed by atoms with Gasteiger partial charge in [0.1, 0.15) is 5.84 Å². The van der Waals surface area contributed by atoms with Gasteiger partial charge < -0.3 is 21.2 Å². The average Bonchev–Trinajstić information content (AvgIpc) is 2.64. The van der Waals surface area contributed by atoms with E-state index in [0.717, 1.165) is 19.3 Å². The number of amidine groups is 1. The van der Waals surface area contributed by atoms with E-state index in [1.807, 2.05) is 0 Å². The fourth-order valence-corrected chi connectivity index (χ4v) is 2.86. The Morgan fingerprint density at radius 1 is 1.22 bits per heavy atom. The Labute approximate surface area is 164 Å². The highest BCUT2D eigenvalue weighted by atomic mass is 35.5. The summed E-state index contributed by atoms with van der Waals surface area (Å²) >= 11 is 5.97. The van der Waals surface area contributed by atoms with Gasteiger partial charge in [0.2, 0.25) is 5.91 Å². The molecule has 8 heteroatoms. The lowest BCUT2D eigenvalue weighted by Crippen LogP contribution is -2.29. The summed E-state index contributed by atoms with van der Waals surface area (Å²) in [5.74, 6) is -0.679. The number of nitrogens with two attached hydrogens (primary N) is 1. The van der Waals surface area contributed by atoms with Crippen LogP contribution in [0.25, 0.3) is 0 Å². The van der Waals surface area contributed by atoms with Crippen molar-refractivity contribution in [2.45, 2.75) is 38.5 Å². The first-order valence-electron chi connectivity index (χ1n) is 8.98. The lowest BCUT2D eigenvalue weighted by atomic mass is 9.97. The number of para-hydroxylation sites is 1. The zero-order valence-corrected chi connectivity index (χ0v) is 15.9. The summed E-state index contributed by atoms with van der Waals surface area (Å²) in [6, 6.07) is 6.86. The van der Waals surface area contributed by atoms with Gasteiger partial charge in [-0.3, -0.25) is 9.59 Å². The first kappa shape index (κ1) is 20.8. The molecule has 1 aromatic carbocycles. The monoisotopic (exact) mass is 392 g/mol. The van der Waals surface area contributed by atoms with Crippen molar-refractivity contribution >= 4 is 34.9 Å². The molecule has 0 aliphatic heterocycles. The molecule has 0 saturated carbocycles. The third-order valence-electron chi connectivity index (χ3n) is 4.02. The fraction of sp³-hybridized carbons (Fsp3) is 0.421. The zero-order valence-electron chi connectivity index (χ0n) is 15.2. The van der Waals surface area contributed by atoms with Gasteiger partial charge in [-0.1, -0.05) is 40.5 Å². The molecule has 1 aliphatic rings. The molecule has 0 atom stereocenters. The summed E-state index contributed by atoms with van der Waals surface area (Å²) < 4.78 is 0. The van der Waals surface area contributed by atoms with E-state index in [4.69, 9.17) is 22.2 Å². The van der Waals surface area contributed by atoms with Crippen molar-refractivity contribution in [3.63, 3.8) is 0 Å². The van der Waals surface area contributed by atoms with Gasteiger partial charge in [0.25, 0.3) is 5.91 Å². The van der Waals surface area contributed by atoms with Crippen molar-refractivity contribution in [1.29, 1.82) is 0 Å². The molecular formula is C19H25ClN4O3. The van der Waals surface area contributed by atoms with E-state index in [1.54, 1.807) is 24.3 Å². The summed E-state index contributed by atoms with van der Waals surface area (Å²) in [7, 11) is 0. The van der Waals surface area contributed by atoms with Gasteiger partial charge in [0.15, 0.2) is 6.61 Å². The molecule has 0 spiro atoms. The van der Waals surface area contributed by atoms with Gasteiger partial charge in [-0.05, 0) is 44.2 Å². The number of nitrogens with one attached hydrogen (secondary N) is 2. The summed E-state index contributed by atoms with van der Waals surface area (Å²) in [5.41, 5.74) is 7.53. The number of hydrogen-bond acceptors (Lipinski definition) is 4. The number of anilines is 1. The Morgan fingerprint density at radius 3 is 2.78 bits per heavy atom. The average molecular weight is 393 g/mol. The minimum absolute atomic E-state index is 0.0280. The predicted octanol–water partition coefficient (Wildman–Crippen LogP) is 2.96. The van der Waals surface area contributed by atoms with Crippen molar-refractivity contribution < 1.29 is 14.4 Å². The molecular weight excluding hydrogens is 368 g/mol. The Kier molecular flexibility index (Phi) is 8.64. The number of oxime groups is 1. The number of rotatable bonds is 9. The molecule has 1 aromatic rings. The summed E-state index contributed by atoms with van der Waals surface area (Å²) in [6.45, 7) is 0.333. The largest absolute Gasteiger partial charge is 0.384 e. The molecule has 0 saturated heterocycles. The van der Waals surface area contributed by atoms with Gasteiger partial charge in [-0.2, -0.15) is 0 Å². The summed E-state index contributed by atoms with van der Waals surface area (Å²) in [6.07, 6.45) is 7.67. The van der Waals surface area contributed by atoms with Crippen molar-refractivity contribution in [2.24, 2.45) is 10.9 Å². The molecule has 0 radical (unpaired) electrons. The number of amides is 2. The highest BCUT2D eigenvalue weighted by molar-refractivity contribution is 6.33. The van der Waals surface area contributed by atoms with Crippen LogP contribution in [0.4, 0.5) is 5.69 Å². The van der Waals surface area contributed by atoms with E-state index in [0.29, 0.717) is 17.3 Å². The van der Waals surface area contributed by atoms with Crippen molar-refractivity contribution in [2.75, 3.05) is 18.5 Å². The zero-order chi connectivity index (χ0) is 19.5. The lowest BCUT2D eigenvalue weighted by molar-refractivity contribution is -0.125. The molecule has 27 heavy (non-hydrogen) atoms. The van der Waals surface area contributed by atoms with E-state index in [-0.39, 0.29) is 30.7 Å². The smallest absolute Gasteiger partial charge is 0.260 e. The second-order valence-electron chi connectivity index (χ2n) is 6.27. The van der Waals surface area contributed by atoms with Crippen LogP contribution in [0.15, 0.2) is 41.1 Å². The molecule has 0 aromatic heterocycles. The first-order chi connectivity index (χ1) is 13.0. The molecule has 2 amide bonds. The molecule has 0 fully saturated rings. The third-order valence-corrected chi connectivity index (χ3v) is 4.35. The van der Waals surface area contributed by atoms with Gasteiger partial charge in [-0.25, -0.2) is 0 Å². The van der Waals surface area contributed by atoms with Gasteiger partial charge >= 0.3 is 0 Å². The first-order valence-corrected chi connectivity index (χ1v) is 9.35. The van der Waals surface area contributed by atoms with Crippen molar-refractivity contribution in [1.82, 2.24) is 5.32 Å². The van der Waals surface area contributed by atoms with E-state index in [9.17, 15) is 9.59 Å². The molecule has 2 rings (SSSR count). The standard InChI is InChI=1S/C19H25ClN4O3/c20-15-8-4-5-9-16(15)23-18(25)12-17(21)24-27-13-19(26)22-11-10-14-6-2-1-3-7-14/h4-6,8-9H,1-3,7,10-13H2,(H2,21,24)(H,22,26)(H,23,25). The maximum atomic E-state index is 11.9. The van der Waals surface area contributed by atoms with Crippen molar-refractivity contribution in [3.8, 4) is 0 Å². The minimum atomic E-state index is -0.377. The minimum Gasteiger partial charge on any atom is -0.384 e. The topological polar surface area (TPSA) is 106 Å². The predicted molar refractivity (Wildman–Crippen MR) is 106 cm³/mol. The second kappa shape index (κ2) is 11.2. The fourth-order valence-electron chi connectivity index (χ4n) is 2.67. The van der Waals surface area contributed by atoms with Gasteiger partial charge in [-0.15, -0.1) is 0 Å². The Morgan fingerprint density at radius 2 is 2.04 bits per heavy atom. The maximum absolute atomic E-state index is 11.9. The number of carbonyl (C=O) groups excluding carboxylic acids is 2. The normalized spacial score (nSPS) is 14.3. The number of nitrogens with zero attached hydrogens (tertiary/aromatic N) is 1. The highest BCUT2D eigenvalue weighted by Gasteiger charge is 2.09. The van der Waals surface area contributed by atoms with Crippen LogP contribution in [0.5, 0.6) is 0 Å². The van der Waals surface area contributed by atoms with Crippen LogP contribution < -0.4 is 16.4 Å². The Bertz CT molecular complexity index is 719. The van der Waals surface area contributed by atoms with Gasteiger partial charge in [0.05, 0.1) is 17.1 Å². The molecule has 0 heterocycles. The SMILES string of the molecule is NC(CC(=O)Nc1ccccc1Cl)=NOCC(=O)NCCC1=CCCCC1. The number of allylic oxidation sites excluding steroid dienone is 1. The maximum Gasteiger partial charge on any atom is 0.260 e. The third kappa shape index (κ3) is 8.13. The number of hydrogen-bond donors (Lipinski definition) is 3. The van der Waals surface area contributed by atoms with Crippen LogP contribution in [-0.2, 0) is 14.4 Å². The second-order valence-corrected chi connectivity index (χ2v) is 6.68. The quantitative estimate of drug-likeness (QED) is 0.260. The van der Waals surface area contributed by atoms with Crippen LogP contribution in [0.2, 0.25) is 5.02 Å². The van der Waals surface area contributed by atoms with Gasteiger partial charge in [0, 0.05) is 6.54 Å². The van der Waals surface area contributed by atoms with Crippen LogP contribution >= 0.6 is 11.6 Å². The van der Waals surface area contributed by atoms with Crippen LogP contribution in [-0.4, -0.2) is 30.8 Å². The Balaban J connectivity index is 1.63. The van der Waals surface area contributed by atoms with E-state index < -0.39 is 0 Å². The molecule has 146 valence electrons. The van der Waals surface area contributed by atoms with Crippen LogP contribution in [0.3, 0.4) is 0 Å².